The van der Waals surface area contributed by atoms with E-state index in [1.54, 1.807) is 6.07 Å². The van der Waals surface area contributed by atoms with E-state index < -0.39 is 0 Å². The molecular formula is C10H7FN2O. The number of nitrogens with zero attached hydrogens (tertiary/aromatic N) is 1. The molecule has 2 aromatic rings. The van der Waals surface area contributed by atoms with Gasteiger partial charge in [-0.2, -0.15) is 5.10 Å². The molecule has 2 rings (SSSR count). The van der Waals surface area contributed by atoms with Gasteiger partial charge in [-0.15, -0.1) is 0 Å². The van der Waals surface area contributed by atoms with Crippen LogP contribution in [0.1, 0.15) is 16.1 Å². The molecular weight excluding hydrogens is 183 g/mol. The second-order valence-electron chi connectivity index (χ2n) is 2.81. The minimum Gasteiger partial charge on any atom is -0.287 e. The summed E-state index contributed by atoms with van der Waals surface area (Å²) in [5, 5.41) is 6.22. The summed E-state index contributed by atoms with van der Waals surface area (Å²) in [5.74, 6) is -0.548. The Labute approximate surface area is 79.6 Å². The number of aromatic nitrogens is 2. The topological polar surface area (TPSA) is 45.8 Å². The smallest absolute Gasteiger partial charge is 0.210 e. The molecule has 4 heteroatoms. The maximum atomic E-state index is 12.6. The van der Waals surface area contributed by atoms with Crippen molar-refractivity contribution in [3.8, 4) is 0 Å². The Kier molecular flexibility index (Phi) is 2.10. The van der Waals surface area contributed by atoms with Crippen molar-refractivity contribution in [2.24, 2.45) is 0 Å². The number of halogens is 1. The number of hydrogen-bond acceptors (Lipinski definition) is 2. The van der Waals surface area contributed by atoms with Crippen molar-refractivity contribution < 1.29 is 9.18 Å². The summed E-state index contributed by atoms with van der Waals surface area (Å²) in [6.45, 7) is 0. The number of carbonyl (C=O) groups is 1. The largest absolute Gasteiger partial charge is 0.287 e. The van der Waals surface area contributed by atoms with E-state index in [0.717, 1.165) is 0 Å². The Bertz CT molecular complexity index is 434. The van der Waals surface area contributed by atoms with Crippen LogP contribution in [0.2, 0.25) is 0 Å². The standard InChI is InChI=1S/C10H7FN2O/c11-8-3-1-7(2-4-8)10(14)9-5-6-12-13-9/h1-6H,(H,12,13). The summed E-state index contributed by atoms with van der Waals surface area (Å²) in [5.41, 5.74) is 0.840. The van der Waals surface area contributed by atoms with Crippen LogP contribution in [0.25, 0.3) is 0 Å². The van der Waals surface area contributed by atoms with Crippen LogP contribution in [-0.2, 0) is 0 Å². The molecule has 0 aliphatic heterocycles. The van der Waals surface area contributed by atoms with E-state index in [4.69, 9.17) is 0 Å². The van der Waals surface area contributed by atoms with Crippen LogP contribution in [0.4, 0.5) is 4.39 Å². The molecule has 0 atom stereocenters. The van der Waals surface area contributed by atoms with E-state index in [1.807, 2.05) is 0 Å². The Hall–Kier alpha value is -1.97. The number of ketones is 1. The van der Waals surface area contributed by atoms with Crippen LogP contribution in [0, 0.1) is 5.82 Å². The van der Waals surface area contributed by atoms with Crippen LogP contribution >= 0.6 is 0 Å². The van der Waals surface area contributed by atoms with Gasteiger partial charge in [0.2, 0.25) is 5.78 Å². The summed E-state index contributed by atoms with van der Waals surface area (Å²) in [6.07, 6.45) is 1.50. The maximum Gasteiger partial charge on any atom is 0.210 e. The summed E-state index contributed by atoms with van der Waals surface area (Å²) in [4.78, 5) is 11.6. The van der Waals surface area contributed by atoms with Gasteiger partial charge in [0.15, 0.2) is 0 Å². The fraction of sp³-hybridized carbons (Fsp3) is 0. The number of benzene rings is 1. The molecule has 1 aromatic heterocycles. The molecule has 1 heterocycles. The van der Waals surface area contributed by atoms with E-state index in [0.29, 0.717) is 11.3 Å². The molecule has 0 fully saturated rings. The molecule has 0 radical (unpaired) electrons. The first kappa shape index (κ1) is 8.62. The van der Waals surface area contributed by atoms with Crippen LogP contribution in [0.3, 0.4) is 0 Å². The second-order valence-corrected chi connectivity index (χ2v) is 2.81. The van der Waals surface area contributed by atoms with Gasteiger partial charge in [-0.05, 0) is 30.3 Å². The number of rotatable bonds is 2. The number of aromatic amines is 1. The van der Waals surface area contributed by atoms with Gasteiger partial charge in [0.05, 0.1) is 0 Å². The number of carbonyl (C=O) groups excluding carboxylic acids is 1. The summed E-state index contributed by atoms with van der Waals surface area (Å²) in [7, 11) is 0. The SMILES string of the molecule is O=C(c1ccc(F)cc1)c1ccn[nH]1. The normalized spacial score (nSPS) is 10.1. The fourth-order valence-corrected chi connectivity index (χ4v) is 1.14. The lowest BCUT2D eigenvalue weighted by Crippen LogP contribution is -2.01. The van der Waals surface area contributed by atoms with Gasteiger partial charge in [-0.1, -0.05) is 0 Å². The fourth-order valence-electron chi connectivity index (χ4n) is 1.14. The molecule has 1 N–H and O–H groups in total. The third kappa shape index (κ3) is 1.54. The summed E-state index contributed by atoms with van der Waals surface area (Å²) < 4.78 is 12.6. The van der Waals surface area contributed by atoms with E-state index >= 15 is 0 Å². The first-order valence-corrected chi connectivity index (χ1v) is 4.07. The van der Waals surface area contributed by atoms with Crippen LogP contribution in [0.5, 0.6) is 0 Å². The lowest BCUT2D eigenvalue weighted by atomic mass is 10.1. The van der Waals surface area contributed by atoms with Crippen molar-refractivity contribution in [1.29, 1.82) is 0 Å². The zero-order chi connectivity index (χ0) is 9.97. The first-order chi connectivity index (χ1) is 6.77. The predicted molar refractivity (Wildman–Crippen MR) is 48.4 cm³/mol. The molecule has 70 valence electrons. The summed E-state index contributed by atoms with van der Waals surface area (Å²) in [6, 6.07) is 6.97. The van der Waals surface area contributed by atoms with Gasteiger partial charge in [-0.3, -0.25) is 9.89 Å². The number of H-pyrrole nitrogens is 1. The molecule has 0 aliphatic rings. The Morgan fingerprint density at radius 1 is 1.21 bits per heavy atom. The molecule has 0 spiro atoms. The van der Waals surface area contributed by atoms with Gasteiger partial charge in [0, 0.05) is 11.8 Å². The van der Waals surface area contributed by atoms with E-state index in [-0.39, 0.29) is 11.6 Å². The van der Waals surface area contributed by atoms with Gasteiger partial charge in [-0.25, -0.2) is 4.39 Å². The van der Waals surface area contributed by atoms with Crippen LogP contribution < -0.4 is 0 Å². The highest BCUT2D eigenvalue weighted by atomic mass is 19.1. The van der Waals surface area contributed by atoms with Crippen molar-refractivity contribution in [2.45, 2.75) is 0 Å². The van der Waals surface area contributed by atoms with Crippen molar-refractivity contribution in [3.63, 3.8) is 0 Å². The highest BCUT2D eigenvalue weighted by Crippen LogP contribution is 2.07. The zero-order valence-corrected chi connectivity index (χ0v) is 7.20. The molecule has 0 aliphatic carbocycles. The van der Waals surface area contributed by atoms with Crippen molar-refractivity contribution >= 4 is 5.78 Å². The van der Waals surface area contributed by atoms with Gasteiger partial charge >= 0.3 is 0 Å². The van der Waals surface area contributed by atoms with Crippen molar-refractivity contribution in [2.75, 3.05) is 0 Å². The predicted octanol–water partition coefficient (Wildman–Crippen LogP) is 1.78. The molecule has 1 aromatic carbocycles. The van der Waals surface area contributed by atoms with Gasteiger partial charge in [0.25, 0.3) is 0 Å². The van der Waals surface area contributed by atoms with Crippen LogP contribution in [-0.4, -0.2) is 16.0 Å². The Morgan fingerprint density at radius 2 is 1.93 bits per heavy atom. The minimum absolute atomic E-state index is 0.192. The van der Waals surface area contributed by atoms with E-state index in [2.05, 4.69) is 10.2 Å². The quantitative estimate of drug-likeness (QED) is 0.733. The highest BCUT2D eigenvalue weighted by Gasteiger charge is 2.09. The molecule has 0 unspecified atom stereocenters. The first-order valence-electron chi connectivity index (χ1n) is 4.07. The lowest BCUT2D eigenvalue weighted by molar-refractivity contribution is 0.103. The summed E-state index contributed by atoms with van der Waals surface area (Å²) >= 11 is 0. The molecule has 14 heavy (non-hydrogen) atoms. The minimum atomic E-state index is -0.355. The molecule has 0 amide bonds. The zero-order valence-electron chi connectivity index (χ0n) is 7.20. The Balaban J connectivity index is 2.33. The number of nitrogens with one attached hydrogen (secondary N) is 1. The van der Waals surface area contributed by atoms with E-state index in [9.17, 15) is 9.18 Å². The van der Waals surface area contributed by atoms with Crippen molar-refractivity contribution in [1.82, 2.24) is 10.2 Å². The highest BCUT2D eigenvalue weighted by molar-refractivity contribution is 6.07. The molecule has 0 saturated heterocycles. The van der Waals surface area contributed by atoms with Crippen LogP contribution in [0.15, 0.2) is 36.5 Å². The lowest BCUT2D eigenvalue weighted by Gasteiger charge is -1.96. The third-order valence-electron chi connectivity index (χ3n) is 1.85. The van der Waals surface area contributed by atoms with Gasteiger partial charge < -0.3 is 0 Å². The maximum absolute atomic E-state index is 12.6. The van der Waals surface area contributed by atoms with Crippen molar-refractivity contribution in [3.05, 3.63) is 53.6 Å². The average molecular weight is 190 g/mol. The van der Waals surface area contributed by atoms with Gasteiger partial charge in [0.1, 0.15) is 11.5 Å². The third-order valence-corrected chi connectivity index (χ3v) is 1.85. The number of hydrogen-bond donors (Lipinski definition) is 1. The molecule has 0 bridgehead atoms. The average Bonchev–Trinajstić information content (AvgIpc) is 2.71. The molecule has 0 saturated carbocycles. The monoisotopic (exact) mass is 190 g/mol. The Morgan fingerprint density at radius 3 is 2.50 bits per heavy atom. The van der Waals surface area contributed by atoms with E-state index in [1.165, 1.54) is 30.5 Å². The molecule has 3 nitrogen and oxygen atoms in total. The second kappa shape index (κ2) is 3.41.